The minimum absolute atomic E-state index is 0. The van der Waals surface area contributed by atoms with Crippen LogP contribution in [0.5, 0.6) is 0 Å². The molecule has 0 heterocycles. The maximum absolute atomic E-state index is 2.25. The Balaban J connectivity index is 0. The van der Waals surface area contributed by atoms with Crippen LogP contribution in [0.15, 0.2) is 30.3 Å². The Morgan fingerprint density at radius 1 is 1.07 bits per heavy atom. The van der Waals surface area contributed by atoms with Gasteiger partial charge in [-0.05, 0) is 20.0 Å². The Labute approximate surface area is 86.6 Å². The summed E-state index contributed by atoms with van der Waals surface area (Å²) in [6.07, 6.45) is 0. The van der Waals surface area contributed by atoms with Crippen LogP contribution in [-0.2, 0) is 0 Å². The molecule has 1 aromatic rings. The molecule has 1 rings (SSSR count). The van der Waals surface area contributed by atoms with Crippen LogP contribution in [0.3, 0.4) is 0 Å². The van der Waals surface area contributed by atoms with Crippen LogP contribution in [0.25, 0.3) is 0 Å². The third-order valence-corrected chi connectivity index (χ3v) is 2.05. The molecule has 0 spiro atoms. The van der Waals surface area contributed by atoms with E-state index in [1.54, 1.807) is 0 Å². The van der Waals surface area contributed by atoms with E-state index in [9.17, 15) is 0 Å². The lowest BCUT2D eigenvalue weighted by Crippen LogP contribution is -2.36. The van der Waals surface area contributed by atoms with Crippen LogP contribution >= 0.6 is 0 Å². The maximum atomic E-state index is 2.25. The second-order valence-electron chi connectivity index (χ2n) is 3.28. The SMILES string of the molecule is CC([B]c1ccccc1)N(C)C.O.O. The highest BCUT2D eigenvalue weighted by atomic mass is 16.0. The molecule has 1 aromatic carbocycles. The van der Waals surface area contributed by atoms with Crippen LogP contribution in [-0.4, -0.2) is 43.2 Å². The smallest absolute Gasteiger partial charge is 0.173 e. The van der Waals surface area contributed by atoms with Gasteiger partial charge in [0, 0.05) is 0 Å². The number of rotatable bonds is 3. The first-order valence-electron chi connectivity index (χ1n) is 4.26. The van der Waals surface area contributed by atoms with Gasteiger partial charge in [0.1, 0.15) is 0 Å². The van der Waals surface area contributed by atoms with Crippen LogP contribution in [0.4, 0.5) is 0 Å². The van der Waals surface area contributed by atoms with Crippen LogP contribution in [0.2, 0.25) is 0 Å². The van der Waals surface area contributed by atoms with Crippen molar-refractivity contribution >= 4 is 12.7 Å². The zero-order chi connectivity index (χ0) is 8.97. The number of hydrogen-bond donors (Lipinski definition) is 0. The monoisotopic (exact) mass is 196 g/mol. The first kappa shape index (κ1) is 15.6. The minimum atomic E-state index is 0. The Kier molecular flexibility index (Phi) is 8.44. The van der Waals surface area contributed by atoms with E-state index in [0.29, 0.717) is 5.94 Å². The molecule has 4 heteroatoms. The lowest BCUT2D eigenvalue weighted by Gasteiger charge is -2.18. The molecule has 14 heavy (non-hydrogen) atoms. The molecule has 4 N–H and O–H groups in total. The molecule has 0 aliphatic heterocycles. The zero-order valence-electron chi connectivity index (χ0n) is 8.99. The lowest BCUT2D eigenvalue weighted by atomic mass is 9.63. The Morgan fingerprint density at radius 2 is 1.57 bits per heavy atom. The quantitative estimate of drug-likeness (QED) is 0.588. The van der Waals surface area contributed by atoms with Gasteiger partial charge in [-0.25, -0.2) is 0 Å². The Morgan fingerprint density at radius 3 is 2.00 bits per heavy atom. The summed E-state index contributed by atoms with van der Waals surface area (Å²) in [4.78, 5) is 2.19. The van der Waals surface area contributed by atoms with Gasteiger partial charge in [-0.15, -0.1) is 0 Å². The molecule has 1 atom stereocenters. The minimum Gasteiger partial charge on any atom is -0.412 e. The normalized spacial score (nSPS) is 11.1. The van der Waals surface area contributed by atoms with Gasteiger partial charge in [0.25, 0.3) is 0 Å². The fourth-order valence-corrected chi connectivity index (χ4v) is 0.992. The van der Waals surface area contributed by atoms with E-state index in [1.807, 2.05) is 6.07 Å². The van der Waals surface area contributed by atoms with Gasteiger partial charge in [-0.3, -0.25) is 0 Å². The summed E-state index contributed by atoms with van der Waals surface area (Å²) in [5.74, 6) is 0.493. The molecule has 0 aliphatic carbocycles. The van der Waals surface area contributed by atoms with Gasteiger partial charge >= 0.3 is 0 Å². The molecule has 0 saturated carbocycles. The molecule has 1 unspecified atom stereocenters. The van der Waals surface area contributed by atoms with Gasteiger partial charge in [0.05, 0.1) is 0 Å². The summed E-state index contributed by atoms with van der Waals surface area (Å²) in [5.41, 5.74) is 1.29. The van der Waals surface area contributed by atoms with Gasteiger partial charge in [0.2, 0.25) is 0 Å². The summed E-state index contributed by atoms with van der Waals surface area (Å²) in [6, 6.07) is 10.4. The maximum Gasteiger partial charge on any atom is 0.173 e. The van der Waals surface area contributed by atoms with E-state index in [2.05, 4.69) is 57.5 Å². The van der Waals surface area contributed by atoms with Crippen molar-refractivity contribution in [2.24, 2.45) is 0 Å². The summed E-state index contributed by atoms with van der Waals surface area (Å²) in [7, 11) is 6.42. The molecule has 0 fully saturated rings. The standard InChI is InChI=1S/C10H15BN.2H2O/c1-9(12(2)3)11-10-7-5-4-6-8-10;;/h4-9H,1-3H3;2*1H2. The zero-order valence-corrected chi connectivity index (χ0v) is 8.99. The average Bonchev–Trinajstić information content (AvgIpc) is 2.06. The van der Waals surface area contributed by atoms with Crippen molar-refractivity contribution in [2.75, 3.05) is 14.1 Å². The summed E-state index contributed by atoms with van der Waals surface area (Å²) in [6.45, 7) is 2.19. The molecule has 0 saturated heterocycles. The van der Waals surface area contributed by atoms with Crippen molar-refractivity contribution in [2.45, 2.75) is 12.9 Å². The van der Waals surface area contributed by atoms with E-state index in [-0.39, 0.29) is 11.0 Å². The molecular weight excluding hydrogens is 177 g/mol. The van der Waals surface area contributed by atoms with Gasteiger partial charge in [0.15, 0.2) is 7.28 Å². The summed E-state index contributed by atoms with van der Waals surface area (Å²) >= 11 is 0. The first-order chi connectivity index (χ1) is 5.70. The van der Waals surface area contributed by atoms with E-state index >= 15 is 0 Å². The predicted molar refractivity (Wildman–Crippen MR) is 62.2 cm³/mol. The molecule has 0 aromatic heterocycles. The molecule has 79 valence electrons. The van der Waals surface area contributed by atoms with Gasteiger partial charge in [-0.1, -0.05) is 42.7 Å². The second-order valence-corrected chi connectivity index (χ2v) is 3.28. The first-order valence-corrected chi connectivity index (χ1v) is 4.26. The van der Waals surface area contributed by atoms with E-state index in [1.165, 1.54) is 5.46 Å². The predicted octanol–water partition coefficient (Wildman–Crippen LogP) is -0.726. The van der Waals surface area contributed by atoms with Crippen molar-refractivity contribution in [1.29, 1.82) is 0 Å². The van der Waals surface area contributed by atoms with E-state index in [0.717, 1.165) is 0 Å². The lowest BCUT2D eigenvalue weighted by molar-refractivity contribution is 0.393. The summed E-state index contributed by atoms with van der Waals surface area (Å²) in [5, 5.41) is 0. The fraction of sp³-hybridized carbons (Fsp3) is 0.400. The number of nitrogens with zero attached hydrogens (tertiary/aromatic N) is 1. The topological polar surface area (TPSA) is 66.2 Å². The number of hydrogen-bond acceptors (Lipinski definition) is 1. The van der Waals surface area contributed by atoms with E-state index in [4.69, 9.17) is 0 Å². The fourth-order valence-electron chi connectivity index (χ4n) is 0.992. The van der Waals surface area contributed by atoms with E-state index < -0.39 is 0 Å². The average molecular weight is 196 g/mol. The van der Waals surface area contributed by atoms with Gasteiger partial charge < -0.3 is 15.9 Å². The van der Waals surface area contributed by atoms with Crippen LogP contribution in [0, 0.1) is 0 Å². The Hall–Kier alpha value is -0.835. The highest BCUT2D eigenvalue weighted by molar-refractivity contribution is 6.54. The molecule has 1 radical (unpaired) electrons. The molecular formula is C10H19BNO2. The highest BCUT2D eigenvalue weighted by Gasteiger charge is 2.06. The molecule has 0 aliphatic rings. The second kappa shape index (κ2) is 7.56. The molecule has 0 amide bonds. The largest absolute Gasteiger partial charge is 0.412 e. The van der Waals surface area contributed by atoms with Crippen molar-refractivity contribution < 1.29 is 11.0 Å². The van der Waals surface area contributed by atoms with Crippen molar-refractivity contribution in [3.63, 3.8) is 0 Å². The Bertz CT molecular complexity index is 229. The van der Waals surface area contributed by atoms with Crippen molar-refractivity contribution in [3.05, 3.63) is 30.3 Å². The third kappa shape index (κ3) is 5.02. The highest BCUT2D eigenvalue weighted by Crippen LogP contribution is 1.89. The molecule has 0 bridgehead atoms. The number of benzene rings is 1. The van der Waals surface area contributed by atoms with Crippen LogP contribution < -0.4 is 5.46 Å². The van der Waals surface area contributed by atoms with Gasteiger partial charge in [-0.2, -0.15) is 0 Å². The third-order valence-electron chi connectivity index (χ3n) is 2.05. The van der Waals surface area contributed by atoms with Crippen molar-refractivity contribution in [1.82, 2.24) is 4.90 Å². The molecule has 3 nitrogen and oxygen atoms in total. The van der Waals surface area contributed by atoms with Crippen LogP contribution in [0.1, 0.15) is 6.92 Å². The summed E-state index contributed by atoms with van der Waals surface area (Å²) < 4.78 is 0. The van der Waals surface area contributed by atoms with Crippen molar-refractivity contribution in [3.8, 4) is 0 Å².